The number of halogens is 1. The number of nitrogens with one attached hydrogen (secondary N) is 2. The Hall–Kier alpha value is -2.69. The third-order valence-corrected chi connectivity index (χ3v) is 4.78. The van der Waals surface area contributed by atoms with Crippen LogP contribution in [0.5, 0.6) is 0 Å². The summed E-state index contributed by atoms with van der Waals surface area (Å²) in [6, 6.07) is 9.93. The van der Waals surface area contributed by atoms with Crippen LogP contribution in [0.3, 0.4) is 0 Å². The maximum absolute atomic E-state index is 12.9. The lowest BCUT2D eigenvalue weighted by Gasteiger charge is -2.13. The van der Waals surface area contributed by atoms with Gasteiger partial charge in [0.25, 0.3) is 5.91 Å². The molecule has 0 fully saturated rings. The van der Waals surface area contributed by atoms with Gasteiger partial charge in [0.15, 0.2) is 0 Å². The van der Waals surface area contributed by atoms with Crippen LogP contribution in [0.15, 0.2) is 54.2 Å². The molecule has 142 valence electrons. The molecule has 0 saturated carbocycles. The smallest absolute Gasteiger partial charge is 0.252 e. The summed E-state index contributed by atoms with van der Waals surface area (Å²) >= 11 is 0. The minimum atomic E-state index is -0.252. The second-order valence-corrected chi connectivity index (χ2v) is 6.85. The quantitative estimate of drug-likeness (QED) is 0.676. The van der Waals surface area contributed by atoms with Crippen molar-refractivity contribution in [2.24, 2.45) is 0 Å². The average molecular weight is 367 g/mol. The van der Waals surface area contributed by atoms with E-state index in [1.54, 1.807) is 24.4 Å². The Bertz CT molecular complexity index is 769. The molecule has 2 N–H and O–H groups in total. The molecular weight excluding hydrogens is 341 g/mol. The van der Waals surface area contributed by atoms with Crippen LogP contribution in [-0.2, 0) is 6.42 Å². The second kappa shape index (κ2) is 9.86. The number of nitrogens with zero attached hydrogens (tertiary/aromatic N) is 1. The maximum Gasteiger partial charge on any atom is 0.252 e. The molecule has 1 heterocycles. The monoisotopic (exact) mass is 367 g/mol. The van der Waals surface area contributed by atoms with Crippen molar-refractivity contribution in [3.63, 3.8) is 0 Å². The van der Waals surface area contributed by atoms with Gasteiger partial charge in [0.2, 0.25) is 0 Å². The van der Waals surface area contributed by atoms with Gasteiger partial charge in [0.1, 0.15) is 11.6 Å². The predicted molar refractivity (Wildman–Crippen MR) is 106 cm³/mol. The zero-order valence-corrected chi connectivity index (χ0v) is 15.5. The van der Waals surface area contributed by atoms with Crippen molar-refractivity contribution in [2.75, 3.05) is 18.4 Å². The molecule has 5 heteroatoms. The molecule has 1 aliphatic carbocycles. The first kappa shape index (κ1) is 19.1. The van der Waals surface area contributed by atoms with Gasteiger partial charge in [-0.25, -0.2) is 9.37 Å². The number of hydrogen-bond donors (Lipinski definition) is 2. The largest absolute Gasteiger partial charge is 0.370 e. The highest BCUT2D eigenvalue weighted by Gasteiger charge is 2.07. The highest BCUT2D eigenvalue weighted by molar-refractivity contribution is 5.94. The van der Waals surface area contributed by atoms with Crippen molar-refractivity contribution in [3.05, 3.63) is 71.2 Å². The fourth-order valence-corrected chi connectivity index (χ4v) is 3.19. The van der Waals surface area contributed by atoms with Gasteiger partial charge in [-0.05, 0) is 68.4 Å². The highest BCUT2D eigenvalue weighted by atomic mass is 19.1. The molecule has 2 aromatic rings. The van der Waals surface area contributed by atoms with E-state index in [-0.39, 0.29) is 11.7 Å². The number of benzene rings is 1. The number of hydrogen-bond acceptors (Lipinski definition) is 3. The summed E-state index contributed by atoms with van der Waals surface area (Å²) in [7, 11) is 0. The Kier molecular flexibility index (Phi) is 6.97. The second-order valence-electron chi connectivity index (χ2n) is 6.85. The molecule has 0 unspecified atom stereocenters. The third kappa shape index (κ3) is 6.20. The van der Waals surface area contributed by atoms with Crippen molar-refractivity contribution >= 4 is 11.7 Å². The zero-order valence-electron chi connectivity index (χ0n) is 15.5. The van der Waals surface area contributed by atoms with Crippen LogP contribution < -0.4 is 10.6 Å². The molecule has 0 radical (unpaired) electrons. The first-order valence-electron chi connectivity index (χ1n) is 9.61. The summed E-state index contributed by atoms with van der Waals surface area (Å²) in [5.74, 6) is 0.385. The summed E-state index contributed by atoms with van der Waals surface area (Å²) in [6.45, 7) is 1.36. The minimum Gasteiger partial charge on any atom is -0.370 e. The van der Waals surface area contributed by atoms with Crippen LogP contribution in [0.2, 0.25) is 0 Å². The third-order valence-electron chi connectivity index (χ3n) is 4.78. The molecule has 0 aliphatic heterocycles. The van der Waals surface area contributed by atoms with Crippen molar-refractivity contribution in [1.29, 1.82) is 0 Å². The van der Waals surface area contributed by atoms with Gasteiger partial charge in [-0.15, -0.1) is 0 Å². The molecular formula is C22H26FN3O. The molecule has 0 spiro atoms. The Morgan fingerprint density at radius 1 is 1.04 bits per heavy atom. The topological polar surface area (TPSA) is 54.0 Å². The van der Waals surface area contributed by atoms with E-state index in [0.29, 0.717) is 18.5 Å². The van der Waals surface area contributed by atoms with Gasteiger partial charge in [-0.1, -0.05) is 23.8 Å². The molecule has 1 aliphatic rings. The predicted octanol–water partition coefficient (Wildman–Crippen LogP) is 4.50. The van der Waals surface area contributed by atoms with Crippen LogP contribution in [0.25, 0.3) is 0 Å². The summed E-state index contributed by atoms with van der Waals surface area (Å²) < 4.78 is 12.9. The number of carbonyl (C=O) groups excluding carboxylic acids is 1. The molecule has 1 aromatic carbocycles. The van der Waals surface area contributed by atoms with Crippen molar-refractivity contribution in [2.45, 2.75) is 38.5 Å². The van der Waals surface area contributed by atoms with E-state index in [0.717, 1.165) is 24.3 Å². The van der Waals surface area contributed by atoms with E-state index >= 15 is 0 Å². The van der Waals surface area contributed by atoms with Gasteiger partial charge in [0.05, 0.1) is 5.56 Å². The summed E-state index contributed by atoms with van der Waals surface area (Å²) in [6.07, 6.45) is 10.7. The summed E-state index contributed by atoms with van der Waals surface area (Å²) in [4.78, 5) is 16.5. The van der Waals surface area contributed by atoms with E-state index in [1.807, 2.05) is 6.07 Å². The van der Waals surface area contributed by atoms with Crippen LogP contribution in [0, 0.1) is 5.82 Å². The number of amides is 1. The van der Waals surface area contributed by atoms with Crippen molar-refractivity contribution in [3.8, 4) is 0 Å². The lowest BCUT2D eigenvalue weighted by molar-refractivity contribution is 0.0954. The molecule has 3 rings (SSSR count). The van der Waals surface area contributed by atoms with Crippen LogP contribution in [0.1, 0.15) is 48.0 Å². The van der Waals surface area contributed by atoms with Gasteiger partial charge in [-0.2, -0.15) is 0 Å². The number of anilines is 1. The number of carbonyl (C=O) groups is 1. The molecule has 0 bridgehead atoms. The van der Waals surface area contributed by atoms with Gasteiger partial charge in [0, 0.05) is 19.3 Å². The van der Waals surface area contributed by atoms with E-state index in [9.17, 15) is 9.18 Å². The fourth-order valence-electron chi connectivity index (χ4n) is 3.19. The van der Waals surface area contributed by atoms with Crippen molar-refractivity contribution < 1.29 is 9.18 Å². The Morgan fingerprint density at radius 2 is 1.89 bits per heavy atom. The van der Waals surface area contributed by atoms with Gasteiger partial charge >= 0.3 is 0 Å². The highest BCUT2D eigenvalue weighted by Crippen LogP contribution is 2.20. The maximum atomic E-state index is 12.9. The molecule has 0 saturated heterocycles. The number of pyridine rings is 1. The van der Waals surface area contributed by atoms with E-state index in [1.165, 1.54) is 43.4 Å². The molecule has 1 aromatic heterocycles. The first-order chi connectivity index (χ1) is 13.2. The molecule has 4 nitrogen and oxygen atoms in total. The van der Waals surface area contributed by atoms with Gasteiger partial charge < -0.3 is 10.6 Å². The zero-order chi connectivity index (χ0) is 18.9. The fraction of sp³-hybridized carbons (Fsp3) is 0.364. The summed E-state index contributed by atoms with van der Waals surface area (Å²) in [5, 5.41) is 6.18. The SMILES string of the molecule is O=C(NCCc1ccc(F)cc1)c1ccc(NCCC2=CCCCC2)nc1. The number of allylic oxidation sites excluding steroid dienone is 1. The van der Waals surface area contributed by atoms with Crippen LogP contribution >= 0.6 is 0 Å². The molecule has 0 atom stereocenters. The standard InChI is InChI=1S/C22H26FN3O/c23-20-9-6-18(7-10-20)13-15-25-22(27)19-8-11-21(26-16-19)24-14-12-17-4-2-1-3-5-17/h4,6-11,16H,1-3,5,12-15H2,(H,24,26)(H,25,27). The van der Waals surface area contributed by atoms with Gasteiger partial charge in [-0.3, -0.25) is 4.79 Å². The van der Waals surface area contributed by atoms with E-state index in [2.05, 4.69) is 21.7 Å². The number of aromatic nitrogens is 1. The lowest BCUT2D eigenvalue weighted by Crippen LogP contribution is -2.25. The van der Waals surface area contributed by atoms with Crippen molar-refractivity contribution in [1.82, 2.24) is 10.3 Å². The van der Waals surface area contributed by atoms with Crippen LogP contribution in [0.4, 0.5) is 10.2 Å². The Morgan fingerprint density at radius 3 is 2.59 bits per heavy atom. The Balaban J connectivity index is 1.40. The van der Waals surface area contributed by atoms with Crippen LogP contribution in [-0.4, -0.2) is 24.0 Å². The summed E-state index contributed by atoms with van der Waals surface area (Å²) in [5.41, 5.74) is 3.06. The normalized spacial score (nSPS) is 13.7. The lowest BCUT2D eigenvalue weighted by atomic mass is 9.97. The Labute approximate surface area is 159 Å². The number of rotatable bonds is 8. The first-order valence-corrected chi connectivity index (χ1v) is 9.61. The van der Waals surface area contributed by atoms with E-state index in [4.69, 9.17) is 0 Å². The minimum absolute atomic E-state index is 0.150. The average Bonchev–Trinajstić information content (AvgIpc) is 2.71. The molecule has 1 amide bonds. The van der Waals surface area contributed by atoms with E-state index < -0.39 is 0 Å². The molecule has 27 heavy (non-hydrogen) atoms.